The van der Waals surface area contributed by atoms with E-state index in [-0.39, 0.29) is 16.8 Å². The number of aromatic nitrogens is 1. The molecule has 0 saturated carbocycles. The maximum atomic E-state index is 12.5. The maximum Gasteiger partial charge on any atom is 0.308 e. The van der Waals surface area contributed by atoms with E-state index < -0.39 is 6.10 Å². The molecule has 1 N–H and O–H groups in total. The summed E-state index contributed by atoms with van der Waals surface area (Å²) in [5, 5.41) is 3.50. The molecule has 3 aromatic rings. The molecule has 1 aromatic heterocycles. The molecule has 0 saturated heterocycles. The van der Waals surface area contributed by atoms with Gasteiger partial charge in [-0.05, 0) is 69.7 Å². The van der Waals surface area contributed by atoms with Crippen LogP contribution in [0.1, 0.15) is 32.4 Å². The third-order valence-electron chi connectivity index (χ3n) is 4.21. The Morgan fingerprint density at radius 2 is 1.93 bits per heavy atom. The zero-order chi connectivity index (χ0) is 19.7. The first-order valence-electron chi connectivity index (χ1n) is 8.65. The molecule has 3 rings (SSSR count). The highest BCUT2D eigenvalue weighted by Crippen LogP contribution is 2.25. The van der Waals surface area contributed by atoms with Gasteiger partial charge in [0.2, 0.25) is 0 Å². The fourth-order valence-electron chi connectivity index (χ4n) is 2.80. The summed E-state index contributed by atoms with van der Waals surface area (Å²) in [6.07, 6.45) is -0.680. The van der Waals surface area contributed by atoms with Crippen LogP contribution in [0.4, 0.5) is 5.69 Å². The van der Waals surface area contributed by atoms with Crippen LogP contribution in [0.2, 0.25) is 5.02 Å². The zero-order valence-electron chi connectivity index (χ0n) is 15.6. The van der Waals surface area contributed by atoms with Gasteiger partial charge in [-0.25, -0.2) is 0 Å². The number of carbonyl (C=O) groups excluding carboxylic acids is 1. The van der Waals surface area contributed by atoms with E-state index in [0.717, 1.165) is 15.8 Å². The van der Waals surface area contributed by atoms with Gasteiger partial charge < -0.3 is 10.1 Å². The minimum Gasteiger partial charge on any atom is -0.481 e. The van der Waals surface area contributed by atoms with Crippen LogP contribution in [0.25, 0.3) is 10.2 Å². The van der Waals surface area contributed by atoms with E-state index in [1.807, 2.05) is 32.9 Å². The zero-order valence-corrected chi connectivity index (χ0v) is 17.1. The molecule has 1 heterocycles. The third kappa shape index (κ3) is 4.17. The number of aryl methyl sites for hydroxylation is 1. The summed E-state index contributed by atoms with van der Waals surface area (Å²) in [4.78, 5) is 24.6. The van der Waals surface area contributed by atoms with Crippen LogP contribution in [0.3, 0.4) is 0 Å². The minimum absolute atomic E-state index is 0.00159. The Balaban J connectivity index is 1.75. The summed E-state index contributed by atoms with van der Waals surface area (Å²) < 4.78 is 8.30. The second-order valence-corrected chi connectivity index (χ2v) is 8.07. The smallest absolute Gasteiger partial charge is 0.308 e. The number of anilines is 1. The van der Waals surface area contributed by atoms with Crippen molar-refractivity contribution in [1.29, 1.82) is 0 Å². The summed E-state index contributed by atoms with van der Waals surface area (Å²) in [5.41, 5.74) is 2.39. The predicted octanol–water partition coefficient (Wildman–Crippen LogP) is 5.01. The Kier molecular flexibility index (Phi) is 5.58. The van der Waals surface area contributed by atoms with Crippen molar-refractivity contribution >= 4 is 44.7 Å². The lowest BCUT2D eigenvalue weighted by Crippen LogP contribution is -2.30. The normalized spacial score (nSPS) is 12.4. The van der Waals surface area contributed by atoms with Gasteiger partial charge in [-0.3, -0.25) is 14.2 Å². The summed E-state index contributed by atoms with van der Waals surface area (Å²) in [6, 6.07) is 10.8. The van der Waals surface area contributed by atoms with Crippen LogP contribution < -0.4 is 14.9 Å². The third-order valence-corrected chi connectivity index (χ3v) is 5.55. The van der Waals surface area contributed by atoms with Crippen molar-refractivity contribution in [1.82, 2.24) is 4.57 Å². The van der Waals surface area contributed by atoms with E-state index in [4.69, 9.17) is 16.3 Å². The van der Waals surface area contributed by atoms with Crippen molar-refractivity contribution in [3.05, 3.63) is 56.7 Å². The molecule has 0 radical (unpaired) electrons. The van der Waals surface area contributed by atoms with Crippen LogP contribution in [0, 0.1) is 6.92 Å². The van der Waals surface area contributed by atoms with Gasteiger partial charge in [-0.1, -0.05) is 22.9 Å². The number of thiazole rings is 1. The summed E-state index contributed by atoms with van der Waals surface area (Å²) in [5.74, 6) is 0.319. The van der Waals surface area contributed by atoms with Crippen LogP contribution in [0.5, 0.6) is 5.75 Å². The first-order chi connectivity index (χ1) is 12.8. The average molecular weight is 405 g/mol. The Hall–Kier alpha value is -2.31. The van der Waals surface area contributed by atoms with Crippen molar-refractivity contribution < 1.29 is 9.53 Å². The molecule has 0 aliphatic carbocycles. The van der Waals surface area contributed by atoms with Crippen LogP contribution in [-0.2, 0) is 4.79 Å². The topological polar surface area (TPSA) is 60.3 Å². The number of hydrogen-bond donors (Lipinski definition) is 1. The molecule has 5 nitrogen and oxygen atoms in total. The molecular weight excluding hydrogens is 384 g/mol. The van der Waals surface area contributed by atoms with Crippen LogP contribution in [0.15, 0.2) is 41.2 Å². The molecule has 0 aliphatic heterocycles. The number of rotatable bonds is 5. The largest absolute Gasteiger partial charge is 0.481 e. The Bertz CT molecular complexity index is 1060. The second-order valence-electron chi connectivity index (χ2n) is 6.67. The number of benzene rings is 2. The van der Waals surface area contributed by atoms with E-state index in [1.54, 1.807) is 35.8 Å². The highest BCUT2D eigenvalue weighted by Gasteiger charge is 2.17. The molecule has 0 bridgehead atoms. The Morgan fingerprint density at radius 3 is 2.59 bits per heavy atom. The molecule has 27 heavy (non-hydrogen) atoms. The molecule has 0 fully saturated rings. The van der Waals surface area contributed by atoms with Gasteiger partial charge in [0.15, 0.2) is 6.10 Å². The lowest BCUT2D eigenvalue weighted by molar-refractivity contribution is -0.122. The van der Waals surface area contributed by atoms with E-state index in [1.165, 1.54) is 11.3 Å². The SMILES string of the molecule is Cc1cc(OC(C)C(=O)Nc2ccc3c(c2)sc(=O)n3C(C)C)ccc1Cl. The number of amides is 1. The molecule has 0 spiro atoms. The van der Waals surface area contributed by atoms with Crippen molar-refractivity contribution in [2.24, 2.45) is 0 Å². The number of ether oxygens (including phenoxy) is 1. The molecule has 1 amide bonds. The monoisotopic (exact) mass is 404 g/mol. The quantitative estimate of drug-likeness (QED) is 0.650. The van der Waals surface area contributed by atoms with Crippen molar-refractivity contribution in [3.8, 4) is 5.75 Å². The number of halogens is 1. The van der Waals surface area contributed by atoms with Gasteiger partial charge in [0.25, 0.3) is 5.91 Å². The fraction of sp³-hybridized carbons (Fsp3) is 0.300. The van der Waals surface area contributed by atoms with E-state index in [0.29, 0.717) is 16.5 Å². The van der Waals surface area contributed by atoms with E-state index in [9.17, 15) is 9.59 Å². The van der Waals surface area contributed by atoms with Gasteiger partial charge in [0.05, 0.1) is 10.2 Å². The van der Waals surface area contributed by atoms with Gasteiger partial charge >= 0.3 is 4.87 Å². The molecule has 2 aromatic carbocycles. The van der Waals surface area contributed by atoms with Crippen LogP contribution in [-0.4, -0.2) is 16.6 Å². The molecule has 142 valence electrons. The second kappa shape index (κ2) is 7.74. The summed E-state index contributed by atoms with van der Waals surface area (Å²) in [7, 11) is 0. The number of nitrogens with one attached hydrogen (secondary N) is 1. The van der Waals surface area contributed by atoms with Crippen molar-refractivity contribution in [2.45, 2.75) is 39.8 Å². The van der Waals surface area contributed by atoms with Gasteiger partial charge in [0, 0.05) is 16.8 Å². The van der Waals surface area contributed by atoms with E-state index >= 15 is 0 Å². The fourth-order valence-corrected chi connectivity index (χ4v) is 3.97. The maximum absolute atomic E-state index is 12.5. The first-order valence-corrected chi connectivity index (χ1v) is 9.84. The highest BCUT2D eigenvalue weighted by atomic mass is 35.5. The van der Waals surface area contributed by atoms with E-state index in [2.05, 4.69) is 5.32 Å². The lowest BCUT2D eigenvalue weighted by atomic mass is 10.2. The predicted molar refractivity (Wildman–Crippen MR) is 111 cm³/mol. The summed E-state index contributed by atoms with van der Waals surface area (Å²) >= 11 is 7.18. The standard InChI is InChI=1S/C20H21ClN2O3S/c1-11(2)23-17-8-5-14(10-18(17)27-20(23)25)22-19(24)13(4)26-15-6-7-16(21)12(3)9-15/h5-11,13H,1-4H3,(H,22,24). The molecule has 7 heteroatoms. The van der Waals surface area contributed by atoms with Gasteiger partial charge in [0.1, 0.15) is 5.75 Å². The lowest BCUT2D eigenvalue weighted by Gasteiger charge is -2.15. The minimum atomic E-state index is -0.680. The van der Waals surface area contributed by atoms with Crippen molar-refractivity contribution in [2.75, 3.05) is 5.32 Å². The summed E-state index contributed by atoms with van der Waals surface area (Å²) in [6.45, 7) is 7.51. The Morgan fingerprint density at radius 1 is 1.19 bits per heavy atom. The molecular formula is C20H21ClN2O3S. The number of carbonyl (C=O) groups is 1. The molecule has 0 aliphatic rings. The van der Waals surface area contributed by atoms with Crippen LogP contribution >= 0.6 is 22.9 Å². The Labute approximate surface area is 166 Å². The molecule has 1 atom stereocenters. The van der Waals surface area contributed by atoms with Crippen molar-refractivity contribution in [3.63, 3.8) is 0 Å². The average Bonchev–Trinajstić information content (AvgIpc) is 2.93. The first kappa shape index (κ1) is 19.5. The number of nitrogens with zero attached hydrogens (tertiary/aromatic N) is 1. The van der Waals surface area contributed by atoms with Gasteiger partial charge in [-0.2, -0.15) is 0 Å². The highest BCUT2D eigenvalue weighted by molar-refractivity contribution is 7.16. The molecule has 1 unspecified atom stereocenters. The van der Waals surface area contributed by atoms with Gasteiger partial charge in [-0.15, -0.1) is 0 Å². The number of hydrogen-bond acceptors (Lipinski definition) is 4. The number of fused-ring (bicyclic) bond motifs is 1.